The maximum atomic E-state index is 15.4. The van der Waals surface area contributed by atoms with Gasteiger partial charge >= 0.3 is 6.09 Å². The van der Waals surface area contributed by atoms with E-state index in [1.165, 1.54) is 12.1 Å². The molecule has 1 aliphatic heterocycles. The normalized spacial score (nSPS) is 19.0. The lowest BCUT2D eigenvalue weighted by Crippen LogP contribution is -2.56. The molecule has 0 unspecified atom stereocenters. The highest BCUT2D eigenvalue weighted by atomic mass is 127. The topological polar surface area (TPSA) is 120 Å². The number of nitrogens with zero attached hydrogens (tertiary/aromatic N) is 2. The van der Waals surface area contributed by atoms with Crippen molar-refractivity contribution < 1.29 is 28.3 Å². The molecule has 0 bridgehead atoms. The Balaban J connectivity index is 1.79. The number of anilines is 1. The summed E-state index contributed by atoms with van der Waals surface area (Å²) in [5, 5.41) is 8.09. The first kappa shape index (κ1) is 33.0. The molecule has 0 radical (unpaired) electrons. The minimum atomic E-state index is -0.984. The van der Waals surface area contributed by atoms with Crippen LogP contribution in [0.1, 0.15) is 71.3 Å². The highest BCUT2D eigenvalue weighted by molar-refractivity contribution is 14.1. The summed E-state index contributed by atoms with van der Waals surface area (Å²) in [5.41, 5.74) is -0.294. The number of halogens is 2. The van der Waals surface area contributed by atoms with Crippen LogP contribution in [0.4, 0.5) is 19.7 Å². The molecule has 3 N–H and O–H groups in total. The van der Waals surface area contributed by atoms with Crippen LogP contribution >= 0.6 is 22.6 Å². The van der Waals surface area contributed by atoms with Crippen LogP contribution in [0.3, 0.4) is 0 Å². The Bertz CT molecular complexity index is 1100. The molecule has 3 atom stereocenters. The third-order valence-electron chi connectivity index (χ3n) is 7.70. The highest BCUT2D eigenvalue weighted by Gasteiger charge is 2.35. The van der Waals surface area contributed by atoms with Crippen LogP contribution in [0.25, 0.3) is 0 Å². The molecule has 41 heavy (non-hydrogen) atoms. The minimum Gasteiger partial charge on any atom is -0.444 e. The number of piperazine rings is 1. The molecule has 1 saturated heterocycles. The molecule has 1 aromatic rings. The largest absolute Gasteiger partial charge is 0.444 e. The number of rotatable bonds is 8. The van der Waals surface area contributed by atoms with Crippen molar-refractivity contribution in [2.24, 2.45) is 5.92 Å². The Labute approximate surface area is 255 Å². The van der Waals surface area contributed by atoms with E-state index in [4.69, 9.17) is 4.74 Å². The highest BCUT2D eigenvalue weighted by Crippen LogP contribution is 2.29. The average molecular weight is 688 g/mol. The van der Waals surface area contributed by atoms with Crippen molar-refractivity contribution in [3.8, 4) is 0 Å². The number of amides is 4. The summed E-state index contributed by atoms with van der Waals surface area (Å²) >= 11 is 1.60. The molecule has 1 aliphatic carbocycles. The molecule has 4 amide bonds. The molecule has 12 heteroatoms. The fraction of sp³-hybridized carbons (Fsp3) is 0.655. The lowest BCUT2D eigenvalue weighted by molar-refractivity contribution is -0.135. The fourth-order valence-electron chi connectivity index (χ4n) is 5.36. The van der Waals surface area contributed by atoms with E-state index in [2.05, 4.69) is 20.9 Å². The van der Waals surface area contributed by atoms with E-state index < -0.39 is 41.4 Å². The van der Waals surface area contributed by atoms with Crippen molar-refractivity contribution in [3.63, 3.8) is 0 Å². The molecule has 2 fully saturated rings. The predicted octanol–water partition coefficient (Wildman–Crippen LogP) is 4.63. The second-order valence-electron chi connectivity index (χ2n) is 12.1. The lowest BCUT2D eigenvalue weighted by Gasteiger charge is -2.36. The van der Waals surface area contributed by atoms with Gasteiger partial charge in [0, 0.05) is 54.7 Å². The van der Waals surface area contributed by atoms with Gasteiger partial charge in [0.2, 0.25) is 11.8 Å². The van der Waals surface area contributed by atoms with Crippen molar-refractivity contribution in [3.05, 3.63) is 29.6 Å². The van der Waals surface area contributed by atoms with Gasteiger partial charge < -0.3 is 30.5 Å². The number of alkyl carbamates (subject to hydrolysis) is 1. The van der Waals surface area contributed by atoms with Gasteiger partial charge in [0.1, 0.15) is 23.5 Å². The van der Waals surface area contributed by atoms with E-state index in [1.54, 1.807) is 61.3 Å². The molecular formula is C29H43FIN5O5. The van der Waals surface area contributed by atoms with Crippen LogP contribution in [0, 0.1) is 11.7 Å². The van der Waals surface area contributed by atoms with Crippen LogP contribution in [0.5, 0.6) is 0 Å². The number of likely N-dealkylation sites (N-methyl/N-ethyl adjacent to an activating group) is 1. The zero-order valence-electron chi connectivity index (χ0n) is 24.6. The third kappa shape index (κ3) is 9.79. The zero-order chi connectivity index (χ0) is 30.3. The second-order valence-corrected chi connectivity index (χ2v) is 13.0. The molecule has 1 heterocycles. The number of carbonyl (C=O) groups excluding carboxylic acids is 4. The van der Waals surface area contributed by atoms with Crippen molar-refractivity contribution >= 4 is 50.1 Å². The van der Waals surface area contributed by atoms with Gasteiger partial charge in [-0.2, -0.15) is 0 Å². The summed E-state index contributed by atoms with van der Waals surface area (Å²) in [6.07, 6.45) is 3.98. The van der Waals surface area contributed by atoms with Crippen molar-refractivity contribution in [2.45, 2.75) is 83.4 Å². The van der Waals surface area contributed by atoms with Crippen LogP contribution < -0.4 is 16.0 Å². The molecule has 2 aliphatic rings. The van der Waals surface area contributed by atoms with Crippen LogP contribution in [-0.4, -0.2) is 82.5 Å². The molecule has 0 spiro atoms. The quantitative estimate of drug-likeness (QED) is 0.209. The molecule has 228 valence electrons. The summed E-state index contributed by atoms with van der Waals surface area (Å²) in [6, 6.07) is 2.63. The minimum absolute atomic E-state index is 0.00917. The van der Waals surface area contributed by atoms with Gasteiger partial charge in [-0.1, -0.05) is 32.3 Å². The summed E-state index contributed by atoms with van der Waals surface area (Å²) < 4.78 is 20.4. The van der Waals surface area contributed by atoms with Crippen molar-refractivity contribution in [1.29, 1.82) is 0 Å². The summed E-state index contributed by atoms with van der Waals surface area (Å²) in [7, 11) is 1.98. The second kappa shape index (κ2) is 14.6. The van der Waals surface area contributed by atoms with Gasteiger partial charge in [0.25, 0.3) is 3.91 Å². The van der Waals surface area contributed by atoms with Crippen LogP contribution in [-0.2, 0) is 14.3 Å². The lowest BCUT2D eigenvalue weighted by atomic mass is 9.83. The smallest absolute Gasteiger partial charge is 0.408 e. The molecule has 10 nitrogen and oxygen atoms in total. The average Bonchev–Trinajstić information content (AvgIpc) is 2.90. The summed E-state index contributed by atoms with van der Waals surface area (Å²) in [5.74, 6) is -2.00. The van der Waals surface area contributed by atoms with Crippen LogP contribution in [0.2, 0.25) is 0 Å². The number of hydrogen-bond acceptors (Lipinski definition) is 6. The summed E-state index contributed by atoms with van der Waals surface area (Å²) in [6.45, 7) is 9.41. The van der Waals surface area contributed by atoms with E-state index in [0.29, 0.717) is 31.7 Å². The number of hydrogen-bond donors (Lipinski definition) is 3. The zero-order valence-corrected chi connectivity index (χ0v) is 26.8. The predicted molar refractivity (Wildman–Crippen MR) is 164 cm³/mol. The Morgan fingerprint density at radius 1 is 1.02 bits per heavy atom. The molecular weight excluding hydrogens is 644 g/mol. The van der Waals surface area contributed by atoms with E-state index >= 15 is 4.39 Å². The maximum absolute atomic E-state index is 15.4. The number of benzene rings is 1. The van der Waals surface area contributed by atoms with E-state index in [9.17, 15) is 19.2 Å². The van der Waals surface area contributed by atoms with E-state index in [0.717, 1.165) is 32.1 Å². The Kier molecular flexibility index (Phi) is 11.8. The van der Waals surface area contributed by atoms with Crippen LogP contribution in [0.15, 0.2) is 18.2 Å². The third-order valence-corrected chi connectivity index (χ3v) is 8.01. The number of carbonyl (C=O) groups is 4. The fourth-order valence-corrected chi connectivity index (χ4v) is 5.70. The first-order valence-electron chi connectivity index (χ1n) is 14.3. The van der Waals surface area contributed by atoms with E-state index in [-0.39, 0.29) is 21.4 Å². The molecule has 3 rings (SSSR count). The van der Waals surface area contributed by atoms with Crippen molar-refractivity contribution in [1.82, 2.24) is 20.4 Å². The van der Waals surface area contributed by atoms with E-state index in [1.807, 2.05) is 7.05 Å². The van der Waals surface area contributed by atoms with Gasteiger partial charge in [-0.05, 0) is 64.3 Å². The van der Waals surface area contributed by atoms with Gasteiger partial charge in [0.05, 0.1) is 5.69 Å². The number of nitrogens with one attached hydrogen (secondary N) is 3. The van der Waals surface area contributed by atoms with Gasteiger partial charge in [0.15, 0.2) is 0 Å². The maximum Gasteiger partial charge on any atom is 0.408 e. The van der Waals surface area contributed by atoms with Crippen molar-refractivity contribution in [2.75, 3.05) is 38.5 Å². The SMILES string of the molecule is C[C@@H](c1ccc(NC(=O)[C@@H](NC(=O)I)C2CCCCC2)c(F)c1)[C@@H](NC(=O)OC(C)(C)C)C(=O)N1CCN(C)CC1. The first-order valence-corrected chi connectivity index (χ1v) is 15.4. The Morgan fingerprint density at radius 3 is 2.22 bits per heavy atom. The van der Waals surface area contributed by atoms with Gasteiger partial charge in [-0.15, -0.1) is 0 Å². The first-order chi connectivity index (χ1) is 19.2. The molecule has 1 aromatic carbocycles. The Morgan fingerprint density at radius 2 is 1.66 bits per heavy atom. The number of ether oxygens (including phenoxy) is 1. The standard InChI is InChI=1S/C29H43FIN5O5/c1-18(23(34-28(40)41-29(2,3)4)26(38)36-15-13-35(5)14-16-36)20-11-12-22(21(30)17-20)32-25(37)24(33-27(31)39)19-9-7-6-8-10-19/h11-12,17-19,23-24H,6-10,13-16H2,1-5H3,(H,32,37)(H,33,39)(H,34,40)/t18-,23+,24-/m0/s1. The summed E-state index contributed by atoms with van der Waals surface area (Å²) in [4.78, 5) is 55.0. The molecule has 0 aromatic heterocycles. The Hall–Kier alpha value is -2.48. The molecule has 1 saturated carbocycles. The van der Waals surface area contributed by atoms with Gasteiger partial charge in [-0.3, -0.25) is 14.4 Å². The monoisotopic (exact) mass is 687 g/mol. The van der Waals surface area contributed by atoms with Gasteiger partial charge in [-0.25, -0.2) is 9.18 Å².